The van der Waals surface area contributed by atoms with Crippen LogP contribution in [0.15, 0.2) is 42.7 Å². The van der Waals surface area contributed by atoms with Crippen molar-refractivity contribution in [2.24, 2.45) is 0 Å². The molecule has 0 saturated heterocycles. The molecule has 0 bridgehead atoms. The van der Waals surface area contributed by atoms with Gasteiger partial charge in [-0.1, -0.05) is 23.2 Å². The molecule has 1 aromatic carbocycles. The van der Waals surface area contributed by atoms with Gasteiger partial charge in [0.1, 0.15) is 19.0 Å². The number of nitro groups is 1. The van der Waals surface area contributed by atoms with Crippen LogP contribution in [0.5, 0.6) is 0 Å². The highest BCUT2D eigenvalue weighted by molar-refractivity contribution is 5.89. The fourth-order valence-electron chi connectivity index (χ4n) is 1.98. The van der Waals surface area contributed by atoms with Crippen molar-refractivity contribution in [2.75, 3.05) is 33.0 Å². The van der Waals surface area contributed by atoms with Crippen molar-refractivity contribution in [3.63, 3.8) is 0 Å². The van der Waals surface area contributed by atoms with Gasteiger partial charge in [0.15, 0.2) is 0 Å². The molecule has 0 fully saturated rings. The van der Waals surface area contributed by atoms with Crippen LogP contribution in [0.25, 0.3) is 0 Å². The second-order valence-corrected chi connectivity index (χ2v) is 4.90. The van der Waals surface area contributed by atoms with E-state index in [1.54, 1.807) is 24.3 Å². The highest BCUT2D eigenvalue weighted by Gasteiger charge is 2.13. The average molecular weight is 349 g/mol. The zero-order valence-corrected chi connectivity index (χ0v) is 13.6. The van der Waals surface area contributed by atoms with Gasteiger partial charge in [-0.25, -0.2) is 9.36 Å². The van der Waals surface area contributed by atoms with Gasteiger partial charge in [-0.05, 0) is 17.1 Å². The van der Waals surface area contributed by atoms with Gasteiger partial charge in [0, 0.05) is 0 Å². The maximum Gasteiger partial charge on any atom is 0.434 e. The Morgan fingerprint density at radius 3 is 2.48 bits per heavy atom. The molecule has 0 unspecified atom stereocenters. The summed E-state index contributed by atoms with van der Waals surface area (Å²) >= 11 is 0. The van der Waals surface area contributed by atoms with Crippen LogP contribution >= 0.6 is 0 Å². The number of hydrogen-bond acceptors (Lipinski definition) is 7. The molecule has 25 heavy (non-hydrogen) atoms. The molecule has 0 aliphatic rings. The molecule has 0 N–H and O–H groups in total. The molecule has 9 heteroatoms. The van der Waals surface area contributed by atoms with Crippen molar-refractivity contribution < 1.29 is 23.9 Å². The first-order chi connectivity index (χ1) is 12.2. The van der Waals surface area contributed by atoms with Crippen LogP contribution in [-0.2, 0) is 20.8 Å². The molecular weight excluding hydrogens is 330 g/mol. The van der Waals surface area contributed by atoms with Crippen molar-refractivity contribution in [3.8, 4) is 0 Å². The van der Waals surface area contributed by atoms with E-state index < -0.39 is 4.92 Å². The second kappa shape index (κ2) is 10.2. The number of carbonyl (C=O) groups is 1. The van der Waals surface area contributed by atoms with E-state index in [1.807, 2.05) is 6.07 Å². The molecular formula is C16H19N3O6. The van der Waals surface area contributed by atoms with E-state index in [0.717, 1.165) is 0 Å². The van der Waals surface area contributed by atoms with Gasteiger partial charge in [0.05, 0.1) is 38.5 Å². The summed E-state index contributed by atoms with van der Waals surface area (Å²) in [5.41, 5.74) is 0.499. The number of imidazole rings is 1. The van der Waals surface area contributed by atoms with E-state index in [0.29, 0.717) is 31.9 Å². The third-order valence-electron chi connectivity index (χ3n) is 3.18. The topological polar surface area (TPSA) is 106 Å². The number of esters is 1. The third kappa shape index (κ3) is 6.32. The van der Waals surface area contributed by atoms with Gasteiger partial charge >= 0.3 is 11.9 Å². The molecule has 0 saturated carbocycles. The number of rotatable bonds is 11. The van der Waals surface area contributed by atoms with Gasteiger partial charge in [0.2, 0.25) is 0 Å². The van der Waals surface area contributed by atoms with Gasteiger partial charge in [-0.2, -0.15) is 0 Å². The van der Waals surface area contributed by atoms with E-state index in [2.05, 4.69) is 4.98 Å². The minimum atomic E-state index is -0.542. The van der Waals surface area contributed by atoms with Gasteiger partial charge in [0.25, 0.3) is 0 Å². The van der Waals surface area contributed by atoms with Crippen LogP contribution in [0.4, 0.5) is 5.95 Å². The summed E-state index contributed by atoms with van der Waals surface area (Å²) in [6.07, 6.45) is 2.90. The summed E-state index contributed by atoms with van der Waals surface area (Å²) < 4.78 is 17.1. The van der Waals surface area contributed by atoms with Crippen molar-refractivity contribution >= 4 is 11.9 Å². The van der Waals surface area contributed by atoms with Crippen molar-refractivity contribution in [3.05, 3.63) is 58.4 Å². The Morgan fingerprint density at radius 2 is 1.76 bits per heavy atom. The fraction of sp³-hybridized carbons (Fsp3) is 0.375. The standard InChI is InChI=1S/C16H19N3O6/c20-15(14-4-2-1-3-5-14)25-13-12-24-11-10-23-9-8-18-7-6-17-16(18)19(21)22/h1-7H,8-13H2. The lowest BCUT2D eigenvalue weighted by atomic mass is 10.2. The maximum absolute atomic E-state index is 11.6. The number of carbonyl (C=O) groups excluding carboxylic acids is 1. The monoisotopic (exact) mass is 349 g/mol. The van der Waals surface area contributed by atoms with Gasteiger partial charge in [-0.3, -0.25) is 0 Å². The lowest BCUT2D eigenvalue weighted by Gasteiger charge is -2.07. The smallest absolute Gasteiger partial charge is 0.434 e. The molecule has 1 aromatic heterocycles. The first kappa shape index (κ1) is 18.6. The van der Waals surface area contributed by atoms with Crippen LogP contribution in [0, 0.1) is 10.1 Å². The lowest BCUT2D eigenvalue weighted by Crippen LogP contribution is -2.14. The molecule has 0 amide bonds. The molecule has 0 spiro atoms. The van der Waals surface area contributed by atoms with Crippen LogP contribution in [0.2, 0.25) is 0 Å². The zero-order valence-electron chi connectivity index (χ0n) is 13.6. The predicted molar refractivity (Wildman–Crippen MR) is 87.2 cm³/mol. The van der Waals surface area contributed by atoms with Crippen LogP contribution in [0.1, 0.15) is 10.4 Å². The van der Waals surface area contributed by atoms with E-state index in [9.17, 15) is 14.9 Å². The Balaban J connectivity index is 1.48. The Labute approximate surface area is 144 Å². The minimum Gasteiger partial charge on any atom is -0.460 e. The summed E-state index contributed by atoms with van der Waals surface area (Å²) in [6, 6.07) is 8.72. The van der Waals surface area contributed by atoms with Crippen molar-refractivity contribution in [1.82, 2.24) is 9.55 Å². The molecule has 2 aromatic rings. The van der Waals surface area contributed by atoms with Crippen molar-refractivity contribution in [1.29, 1.82) is 0 Å². The van der Waals surface area contributed by atoms with E-state index in [1.165, 1.54) is 17.0 Å². The number of benzene rings is 1. The third-order valence-corrected chi connectivity index (χ3v) is 3.18. The van der Waals surface area contributed by atoms with Crippen LogP contribution < -0.4 is 0 Å². The quantitative estimate of drug-likeness (QED) is 0.263. The van der Waals surface area contributed by atoms with E-state index in [-0.39, 0.29) is 25.1 Å². The summed E-state index contributed by atoms with van der Waals surface area (Å²) in [5.74, 6) is -0.595. The molecule has 0 aliphatic carbocycles. The predicted octanol–water partition coefficient (Wildman–Crippen LogP) is 1.68. The minimum absolute atomic E-state index is 0.162. The number of aromatic nitrogens is 2. The largest absolute Gasteiger partial charge is 0.460 e. The SMILES string of the molecule is O=C(OCCOCCOCCn1ccnc1[N+](=O)[O-])c1ccccc1. The Hall–Kier alpha value is -2.78. The Bertz CT molecular complexity index is 674. The van der Waals surface area contributed by atoms with E-state index >= 15 is 0 Å². The summed E-state index contributed by atoms with van der Waals surface area (Å²) in [7, 11) is 0. The molecule has 134 valence electrons. The van der Waals surface area contributed by atoms with E-state index in [4.69, 9.17) is 14.2 Å². The van der Waals surface area contributed by atoms with Crippen LogP contribution in [-0.4, -0.2) is 53.5 Å². The molecule has 9 nitrogen and oxygen atoms in total. The highest BCUT2D eigenvalue weighted by atomic mass is 16.6. The molecule has 1 heterocycles. The van der Waals surface area contributed by atoms with Crippen molar-refractivity contribution in [2.45, 2.75) is 6.54 Å². The average Bonchev–Trinajstić information content (AvgIpc) is 3.09. The summed E-state index contributed by atoms with van der Waals surface area (Å²) in [6.45, 7) is 1.77. The zero-order chi connectivity index (χ0) is 17.9. The number of ether oxygens (including phenoxy) is 3. The van der Waals surface area contributed by atoms with Gasteiger partial charge in [-0.15, -0.1) is 0 Å². The van der Waals surface area contributed by atoms with Gasteiger partial charge < -0.3 is 24.3 Å². The first-order valence-electron chi connectivity index (χ1n) is 7.71. The van der Waals surface area contributed by atoms with Crippen LogP contribution in [0.3, 0.4) is 0 Å². The second-order valence-electron chi connectivity index (χ2n) is 4.90. The normalized spacial score (nSPS) is 10.6. The highest BCUT2D eigenvalue weighted by Crippen LogP contribution is 2.06. The number of nitrogens with zero attached hydrogens (tertiary/aromatic N) is 3. The molecule has 0 atom stereocenters. The first-order valence-corrected chi connectivity index (χ1v) is 7.71. The summed E-state index contributed by atoms with van der Waals surface area (Å²) in [5, 5.41) is 10.7. The lowest BCUT2D eigenvalue weighted by molar-refractivity contribution is -0.396. The molecule has 0 radical (unpaired) electrons. The summed E-state index contributed by atoms with van der Waals surface area (Å²) in [4.78, 5) is 25.4. The molecule has 2 rings (SSSR count). The Kier molecular flexibility index (Phi) is 7.54. The maximum atomic E-state index is 11.6. The molecule has 0 aliphatic heterocycles. The fourth-order valence-corrected chi connectivity index (χ4v) is 1.98. The Morgan fingerprint density at radius 1 is 1.08 bits per heavy atom. The number of hydrogen-bond donors (Lipinski definition) is 0.